The molecule has 1 heterocycles. The summed E-state index contributed by atoms with van der Waals surface area (Å²) in [5, 5.41) is 4.16. The van der Waals surface area contributed by atoms with Gasteiger partial charge in [-0.3, -0.25) is 0 Å². The molecule has 0 radical (unpaired) electrons. The minimum atomic E-state index is 0.729. The quantitative estimate of drug-likeness (QED) is 0.719. The zero-order chi connectivity index (χ0) is 9.97. The second-order valence-corrected chi connectivity index (χ2v) is 3.68. The van der Waals surface area contributed by atoms with Crippen LogP contribution < -0.4 is 5.32 Å². The molecular weight excluding hydrogens is 192 g/mol. The lowest BCUT2D eigenvalue weighted by molar-refractivity contribution is 1.40. The van der Waals surface area contributed by atoms with Crippen LogP contribution in [0.3, 0.4) is 0 Å². The second kappa shape index (κ2) is 3.72. The Bertz CT molecular complexity index is 479. The molecular formula is C11H10N2S. The van der Waals surface area contributed by atoms with Crippen molar-refractivity contribution in [1.82, 2.24) is 4.98 Å². The fourth-order valence-corrected chi connectivity index (χ4v) is 1.42. The molecule has 70 valence electrons. The Hall–Kier alpha value is -1.48. The molecule has 2 aromatic rings. The molecule has 1 aromatic heterocycles. The Morgan fingerprint density at radius 2 is 2.00 bits per heavy atom. The van der Waals surface area contributed by atoms with Crippen molar-refractivity contribution in [3.05, 3.63) is 36.4 Å². The van der Waals surface area contributed by atoms with E-state index in [1.54, 1.807) is 0 Å². The van der Waals surface area contributed by atoms with Gasteiger partial charge in [-0.25, -0.2) is 4.98 Å². The van der Waals surface area contributed by atoms with Crippen molar-refractivity contribution in [3.8, 4) is 0 Å². The number of rotatable bonds is 1. The molecule has 0 amide bonds. The number of anilines is 1. The number of benzene rings is 1. The summed E-state index contributed by atoms with van der Waals surface area (Å²) in [6.07, 6.45) is 0. The molecule has 0 aliphatic carbocycles. The summed E-state index contributed by atoms with van der Waals surface area (Å²) in [5.41, 5.74) is 0.980. The Morgan fingerprint density at radius 3 is 2.79 bits per heavy atom. The number of aromatic nitrogens is 1. The minimum absolute atomic E-state index is 0.729. The van der Waals surface area contributed by atoms with Crippen molar-refractivity contribution in [1.29, 1.82) is 0 Å². The van der Waals surface area contributed by atoms with Gasteiger partial charge in [0.15, 0.2) is 0 Å². The number of fused-ring (bicyclic) bond motifs is 1. The molecule has 2 nitrogen and oxygen atoms in total. The molecule has 3 heteroatoms. The van der Waals surface area contributed by atoms with Crippen molar-refractivity contribution >= 4 is 33.9 Å². The van der Waals surface area contributed by atoms with Crippen LogP contribution in [0.15, 0.2) is 36.4 Å². The first-order chi connectivity index (χ1) is 6.75. The molecule has 0 unspecified atom stereocenters. The maximum absolute atomic E-state index is 4.95. The lowest BCUT2D eigenvalue weighted by atomic mass is 10.2. The Morgan fingerprint density at radius 1 is 1.21 bits per heavy atom. The molecule has 0 atom stereocenters. The largest absolute Gasteiger partial charge is 0.335 e. The van der Waals surface area contributed by atoms with Gasteiger partial charge < -0.3 is 5.32 Å². The van der Waals surface area contributed by atoms with Gasteiger partial charge in [0.25, 0.3) is 0 Å². The SMILES string of the molecule is CC(=S)Nc1ccc2ccccc2n1. The van der Waals surface area contributed by atoms with Crippen LogP contribution in [-0.2, 0) is 0 Å². The summed E-state index contributed by atoms with van der Waals surface area (Å²) in [7, 11) is 0. The molecule has 0 aliphatic rings. The molecule has 1 N–H and O–H groups in total. The third-order valence-electron chi connectivity index (χ3n) is 1.90. The molecule has 0 fully saturated rings. The van der Waals surface area contributed by atoms with Gasteiger partial charge in [0, 0.05) is 5.39 Å². The number of nitrogens with one attached hydrogen (secondary N) is 1. The predicted octanol–water partition coefficient (Wildman–Crippen LogP) is 2.99. The van der Waals surface area contributed by atoms with E-state index in [4.69, 9.17) is 12.2 Å². The molecule has 0 bridgehead atoms. The number of para-hydroxylation sites is 1. The standard InChI is InChI=1S/C11H10N2S/c1-8(14)12-11-7-6-9-4-2-3-5-10(9)13-11/h2-7H,1H3,(H,12,13,14). The van der Waals surface area contributed by atoms with Gasteiger partial charge in [0.2, 0.25) is 0 Å². The van der Waals surface area contributed by atoms with E-state index >= 15 is 0 Å². The van der Waals surface area contributed by atoms with Crippen LogP contribution in [0.5, 0.6) is 0 Å². The highest BCUT2D eigenvalue weighted by Gasteiger charge is 1.96. The van der Waals surface area contributed by atoms with Crippen LogP contribution in [0, 0.1) is 0 Å². The lowest BCUT2D eigenvalue weighted by Gasteiger charge is -2.03. The van der Waals surface area contributed by atoms with Crippen LogP contribution in [0.1, 0.15) is 6.92 Å². The van der Waals surface area contributed by atoms with Crippen LogP contribution in [0.2, 0.25) is 0 Å². The molecule has 0 saturated heterocycles. The predicted molar refractivity (Wildman–Crippen MR) is 63.6 cm³/mol. The van der Waals surface area contributed by atoms with Gasteiger partial charge in [-0.1, -0.05) is 30.4 Å². The van der Waals surface area contributed by atoms with Crippen molar-refractivity contribution in [3.63, 3.8) is 0 Å². The number of thiocarbonyl (C=S) groups is 1. The summed E-state index contributed by atoms with van der Waals surface area (Å²) in [4.78, 5) is 5.15. The van der Waals surface area contributed by atoms with Crippen LogP contribution in [-0.4, -0.2) is 9.97 Å². The van der Waals surface area contributed by atoms with Crippen LogP contribution >= 0.6 is 12.2 Å². The van der Waals surface area contributed by atoms with Crippen molar-refractivity contribution in [2.24, 2.45) is 0 Å². The van der Waals surface area contributed by atoms with Crippen molar-refractivity contribution < 1.29 is 0 Å². The summed E-state index contributed by atoms with van der Waals surface area (Å²) in [6, 6.07) is 12.0. The summed E-state index contributed by atoms with van der Waals surface area (Å²) in [5.74, 6) is 0.802. The highest BCUT2D eigenvalue weighted by molar-refractivity contribution is 7.80. The minimum Gasteiger partial charge on any atom is -0.335 e. The van der Waals surface area contributed by atoms with Gasteiger partial charge >= 0.3 is 0 Å². The number of pyridine rings is 1. The fourth-order valence-electron chi connectivity index (χ4n) is 1.32. The zero-order valence-corrected chi connectivity index (χ0v) is 8.64. The topological polar surface area (TPSA) is 24.9 Å². The number of hydrogen-bond donors (Lipinski definition) is 1. The lowest BCUT2D eigenvalue weighted by Crippen LogP contribution is -2.04. The van der Waals surface area contributed by atoms with Gasteiger partial charge in [0.05, 0.1) is 10.5 Å². The maximum atomic E-state index is 4.95. The molecule has 2 rings (SSSR count). The van der Waals surface area contributed by atoms with Gasteiger partial charge in [-0.2, -0.15) is 0 Å². The summed E-state index contributed by atoms with van der Waals surface area (Å²) < 4.78 is 0. The monoisotopic (exact) mass is 202 g/mol. The molecule has 0 saturated carbocycles. The smallest absolute Gasteiger partial charge is 0.131 e. The Labute approximate surface area is 88.0 Å². The van der Waals surface area contributed by atoms with E-state index in [9.17, 15) is 0 Å². The average molecular weight is 202 g/mol. The first-order valence-electron chi connectivity index (χ1n) is 4.39. The van der Waals surface area contributed by atoms with Crippen molar-refractivity contribution in [2.75, 3.05) is 5.32 Å². The first-order valence-corrected chi connectivity index (χ1v) is 4.80. The van der Waals surface area contributed by atoms with Crippen LogP contribution in [0.4, 0.5) is 5.82 Å². The van der Waals surface area contributed by atoms with Crippen molar-refractivity contribution in [2.45, 2.75) is 6.92 Å². The average Bonchev–Trinajstić information content (AvgIpc) is 2.17. The van der Waals surface area contributed by atoms with E-state index < -0.39 is 0 Å². The summed E-state index contributed by atoms with van der Waals surface area (Å²) in [6.45, 7) is 1.84. The van der Waals surface area contributed by atoms with E-state index in [1.807, 2.05) is 43.3 Å². The fraction of sp³-hybridized carbons (Fsp3) is 0.0909. The maximum Gasteiger partial charge on any atom is 0.131 e. The molecule has 0 aliphatic heterocycles. The van der Waals surface area contributed by atoms with Gasteiger partial charge in [-0.15, -0.1) is 0 Å². The highest BCUT2D eigenvalue weighted by Crippen LogP contribution is 2.14. The van der Waals surface area contributed by atoms with E-state index in [-0.39, 0.29) is 0 Å². The second-order valence-electron chi connectivity index (χ2n) is 3.07. The van der Waals surface area contributed by atoms with Gasteiger partial charge in [-0.05, 0) is 25.1 Å². The number of hydrogen-bond acceptors (Lipinski definition) is 2. The zero-order valence-electron chi connectivity index (χ0n) is 7.82. The Balaban J connectivity index is 2.46. The van der Waals surface area contributed by atoms with E-state index in [1.165, 1.54) is 0 Å². The molecule has 0 spiro atoms. The molecule has 14 heavy (non-hydrogen) atoms. The third kappa shape index (κ3) is 1.88. The highest BCUT2D eigenvalue weighted by atomic mass is 32.1. The molecule has 1 aromatic carbocycles. The number of nitrogens with zero attached hydrogens (tertiary/aromatic N) is 1. The summed E-state index contributed by atoms with van der Waals surface area (Å²) >= 11 is 4.95. The van der Waals surface area contributed by atoms with E-state index in [0.29, 0.717) is 0 Å². The third-order valence-corrected chi connectivity index (χ3v) is 2.00. The first kappa shape index (κ1) is 9.09. The van der Waals surface area contributed by atoms with Gasteiger partial charge in [0.1, 0.15) is 5.82 Å². The Kier molecular flexibility index (Phi) is 2.41. The van der Waals surface area contributed by atoms with E-state index in [0.717, 1.165) is 21.7 Å². The van der Waals surface area contributed by atoms with E-state index in [2.05, 4.69) is 10.3 Å². The van der Waals surface area contributed by atoms with Crippen LogP contribution in [0.25, 0.3) is 10.9 Å². The normalized spacial score (nSPS) is 10.1.